The highest BCUT2D eigenvalue weighted by molar-refractivity contribution is 7.90. The maximum Gasteiger partial charge on any atom is 0.175 e. The number of benzene rings is 1. The molecule has 4 nitrogen and oxygen atoms in total. The molecule has 0 fully saturated rings. The van der Waals surface area contributed by atoms with Gasteiger partial charge in [-0.15, -0.1) is 0 Å². The van der Waals surface area contributed by atoms with Gasteiger partial charge in [0.2, 0.25) is 0 Å². The van der Waals surface area contributed by atoms with Crippen LogP contribution in [-0.4, -0.2) is 19.7 Å². The van der Waals surface area contributed by atoms with Gasteiger partial charge in [-0.3, -0.25) is 4.98 Å². The van der Waals surface area contributed by atoms with Crippen LogP contribution in [0.4, 0.5) is 0 Å². The smallest absolute Gasteiger partial charge is 0.175 e. The van der Waals surface area contributed by atoms with Crippen molar-refractivity contribution >= 4 is 9.84 Å². The fourth-order valence-corrected chi connectivity index (χ4v) is 2.72. The van der Waals surface area contributed by atoms with Gasteiger partial charge in [0.1, 0.15) is 0 Å². The molecule has 2 aromatic rings. The lowest BCUT2D eigenvalue weighted by atomic mass is 10.1. The van der Waals surface area contributed by atoms with Gasteiger partial charge in [-0.05, 0) is 48.7 Å². The van der Waals surface area contributed by atoms with E-state index in [9.17, 15) is 8.42 Å². The van der Waals surface area contributed by atoms with Crippen LogP contribution in [0.3, 0.4) is 0 Å². The first-order valence-electron chi connectivity index (χ1n) is 6.81. The first-order valence-corrected chi connectivity index (χ1v) is 8.70. The highest BCUT2D eigenvalue weighted by Gasteiger charge is 2.09. The third-order valence-electron chi connectivity index (χ3n) is 3.54. The van der Waals surface area contributed by atoms with Crippen LogP contribution in [0.5, 0.6) is 0 Å². The summed E-state index contributed by atoms with van der Waals surface area (Å²) in [6.45, 7) is 4.85. The zero-order valence-corrected chi connectivity index (χ0v) is 13.3. The summed E-state index contributed by atoms with van der Waals surface area (Å²) in [5, 5.41) is 3.44. The number of rotatable bonds is 5. The van der Waals surface area contributed by atoms with E-state index in [1.54, 1.807) is 18.3 Å². The lowest BCUT2D eigenvalue weighted by Crippen LogP contribution is -2.18. The van der Waals surface area contributed by atoms with Crippen molar-refractivity contribution in [1.29, 1.82) is 0 Å². The van der Waals surface area contributed by atoms with Crippen LogP contribution in [0.25, 0.3) is 0 Å². The van der Waals surface area contributed by atoms with Crippen LogP contribution < -0.4 is 5.32 Å². The topological polar surface area (TPSA) is 59.1 Å². The first-order chi connectivity index (χ1) is 9.88. The van der Waals surface area contributed by atoms with E-state index in [0.29, 0.717) is 4.90 Å². The SMILES string of the molecule is Cc1cnccc1CNC(C)c1ccc(S(C)(=O)=O)cc1. The maximum absolute atomic E-state index is 11.4. The van der Waals surface area contributed by atoms with E-state index in [0.717, 1.165) is 17.7 Å². The van der Waals surface area contributed by atoms with E-state index in [1.807, 2.05) is 31.3 Å². The predicted molar refractivity (Wildman–Crippen MR) is 83.8 cm³/mol. The van der Waals surface area contributed by atoms with Gasteiger partial charge in [-0.2, -0.15) is 0 Å². The average molecular weight is 304 g/mol. The zero-order valence-electron chi connectivity index (χ0n) is 12.5. The molecule has 1 heterocycles. The van der Waals surface area contributed by atoms with E-state index in [-0.39, 0.29) is 6.04 Å². The molecule has 0 aliphatic heterocycles. The van der Waals surface area contributed by atoms with E-state index in [4.69, 9.17) is 0 Å². The third kappa shape index (κ3) is 4.12. The summed E-state index contributed by atoms with van der Waals surface area (Å²) in [7, 11) is -3.13. The largest absolute Gasteiger partial charge is 0.306 e. The van der Waals surface area contributed by atoms with Crippen molar-refractivity contribution in [3.05, 3.63) is 59.4 Å². The number of nitrogens with one attached hydrogen (secondary N) is 1. The molecule has 0 saturated heterocycles. The lowest BCUT2D eigenvalue weighted by Gasteiger charge is -2.15. The van der Waals surface area contributed by atoms with Gasteiger partial charge in [0, 0.05) is 31.2 Å². The number of hydrogen-bond acceptors (Lipinski definition) is 4. The average Bonchev–Trinajstić information content (AvgIpc) is 2.45. The number of sulfone groups is 1. The summed E-state index contributed by atoms with van der Waals surface area (Å²) in [6, 6.07) is 9.16. The molecule has 0 bridgehead atoms. The van der Waals surface area contributed by atoms with Crippen molar-refractivity contribution in [1.82, 2.24) is 10.3 Å². The number of pyridine rings is 1. The fourth-order valence-electron chi connectivity index (χ4n) is 2.09. The Kier molecular flexibility index (Phi) is 4.75. The van der Waals surface area contributed by atoms with Gasteiger partial charge in [0.05, 0.1) is 4.90 Å². The summed E-state index contributed by atoms with van der Waals surface area (Å²) in [5.41, 5.74) is 3.43. The van der Waals surface area contributed by atoms with Gasteiger partial charge in [0.25, 0.3) is 0 Å². The minimum atomic E-state index is -3.13. The normalized spacial score (nSPS) is 13.1. The minimum absolute atomic E-state index is 0.145. The van der Waals surface area contributed by atoms with E-state index in [1.165, 1.54) is 11.8 Å². The molecule has 1 N–H and O–H groups in total. The summed E-state index contributed by atoms with van der Waals surface area (Å²) in [5.74, 6) is 0. The molecule has 0 saturated carbocycles. The Labute approximate surface area is 126 Å². The Morgan fingerprint density at radius 2 is 1.86 bits per heavy atom. The van der Waals surface area contributed by atoms with Crippen LogP contribution in [0.2, 0.25) is 0 Å². The van der Waals surface area contributed by atoms with Gasteiger partial charge in [0.15, 0.2) is 9.84 Å². The lowest BCUT2D eigenvalue weighted by molar-refractivity contribution is 0.572. The molecule has 1 aromatic carbocycles. The summed E-state index contributed by atoms with van der Waals surface area (Å²) in [4.78, 5) is 4.43. The molecular formula is C16H20N2O2S. The van der Waals surface area contributed by atoms with Crippen molar-refractivity contribution in [3.63, 3.8) is 0 Å². The maximum atomic E-state index is 11.4. The Morgan fingerprint density at radius 3 is 2.43 bits per heavy atom. The molecule has 0 amide bonds. The molecular weight excluding hydrogens is 284 g/mol. The van der Waals surface area contributed by atoms with Gasteiger partial charge < -0.3 is 5.32 Å². The quantitative estimate of drug-likeness (QED) is 0.922. The molecule has 1 atom stereocenters. The van der Waals surface area contributed by atoms with E-state index in [2.05, 4.69) is 17.2 Å². The van der Waals surface area contributed by atoms with Crippen LogP contribution in [0, 0.1) is 6.92 Å². The molecule has 0 aliphatic rings. The summed E-state index contributed by atoms with van der Waals surface area (Å²) < 4.78 is 22.9. The van der Waals surface area contributed by atoms with Crippen molar-refractivity contribution in [2.75, 3.05) is 6.26 Å². The van der Waals surface area contributed by atoms with Crippen LogP contribution in [0.1, 0.15) is 29.7 Å². The zero-order chi connectivity index (χ0) is 15.5. The molecule has 1 unspecified atom stereocenters. The Morgan fingerprint density at radius 1 is 1.19 bits per heavy atom. The summed E-state index contributed by atoms with van der Waals surface area (Å²) >= 11 is 0. The number of aryl methyl sites for hydroxylation is 1. The molecule has 2 rings (SSSR count). The monoisotopic (exact) mass is 304 g/mol. The number of nitrogens with zero attached hydrogens (tertiary/aromatic N) is 1. The minimum Gasteiger partial charge on any atom is -0.306 e. The molecule has 112 valence electrons. The van der Waals surface area contributed by atoms with Crippen LogP contribution >= 0.6 is 0 Å². The van der Waals surface area contributed by atoms with Crippen LogP contribution in [-0.2, 0) is 16.4 Å². The molecule has 5 heteroatoms. The molecule has 0 aliphatic carbocycles. The third-order valence-corrected chi connectivity index (χ3v) is 4.67. The number of aromatic nitrogens is 1. The van der Waals surface area contributed by atoms with E-state index >= 15 is 0 Å². The number of hydrogen-bond donors (Lipinski definition) is 1. The van der Waals surface area contributed by atoms with Gasteiger partial charge >= 0.3 is 0 Å². The standard InChI is InChI=1S/C16H20N2O2S/c1-12-10-17-9-8-15(12)11-18-13(2)14-4-6-16(7-5-14)21(3,19)20/h4-10,13,18H,11H2,1-3H3. The van der Waals surface area contributed by atoms with Crippen LogP contribution in [0.15, 0.2) is 47.6 Å². The highest BCUT2D eigenvalue weighted by atomic mass is 32.2. The molecule has 21 heavy (non-hydrogen) atoms. The van der Waals surface area contributed by atoms with Gasteiger partial charge in [-0.1, -0.05) is 12.1 Å². The van der Waals surface area contributed by atoms with E-state index < -0.39 is 9.84 Å². The van der Waals surface area contributed by atoms with Crippen molar-refractivity contribution in [2.24, 2.45) is 0 Å². The first kappa shape index (κ1) is 15.7. The second-order valence-corrected chi connectivity index (χ2v) is 7.26. The molecule has 0 spiro atoms. The molecule has 0 radical (unpaired) electrons. The predicted octanol–water partition coefficient (Wildman–Crippen LogP) is 2.64. The fraction of sp³-hybridized carbons (Fsp3) is 0.312. The Bertz CT molecular complexity index is 709. The van der Waals surface area contributed by atoms with Crippen molar-refractivity contribution in [2.45, 2.75) is 31.3 Å². The highest BCUT2D eigenvalue weighted by Crippen LogP contribution is 2.17. The Balaban J connectivity index is 2.04. The van der Waals surface area contributed by atoms with Crippen molar-refractivity contribution in [3.8, 4) is 0 Å². The van der Waals surface area contributed by atoms with Crippen molar-refractivity contribution < 1.29 is 8.42 Å². The Hall–Kier alpha value is -1.72. The summed E-state index contributed by atoms with van der Waals surface area (Å²) in [6.07, 6.45) is 4.86. The molecule has 1 aromatic heterocycles. The second kappa shape index (κ2) is 6.37. The second-order valence-electron chi connectivity index (χ2n) is 5.25. The van der Waals surface area contributed by atoms with Gasteiger partial charge in [-0.25, -0.2) is 8.42 Å².